The van der Waals surface area contributed by atoms with E-state index in [1.54, 1.807) is 13.1 Å². The summed E-state index contributed by atoms with van der Waals surface area (Å²) in [6, 6.07) is 0. The zero-order valence-electron chi connectivity index (χ0n) is 9.58. The van der Waals surface area contributed by atoms with E-state index < -0.39 is 0 Å². The number of hydrogen-bond acceptors (Lipinski definition) is 2. The van der Waals surface area contributed by atoms with Crippen LogP contribution in [0.1, 0.15) is 20.8 Å². The Hall–Kier alpha value is -1.38. The van der Waals surface area contributed by atoms with E-state index in [0.29, 0.717) is 6.54 Å². The molecule has 0 aliphatic heterocycles. The van der Waals surface area contributed by atoms with Crippen molar-refractivity contribution in [3.63, 3.8) is 0 Å². The SMILES string of the molecule is C=C/C(C)=C(/CN(C)C=O)N=C.CC. The summed E-state index contributed by atoms with van der Waals surface area (Å²) in [4.78, 5) is 15.6. The molecule has 0 rings (SSSR count). The molecule has 1 amide bonds. The van der Waals surface area contributed by atoms with Crippen molar-refractivity contribution in [1.82, 2.24) is 4.90 Å². The highest BCUT2D eigenvalue weighted by molar-refractivity contribution is 5.48. The van der Waals surface area contributed by atoms with Crippen molar-refractivity contribution in [2.45, 2.75) is 20.8 Å². The molecule has 0 unspecified atom stereocenters. The summed E-state index contributed by atoms with van der Waals surface area (Å²) in [7, 11) is 1.69. The van der Waals surface area contributed by atoms with Crippen LogP contribution in [-0.4, -0.2) is 31.6 Å². The molecule has 0 heterocycles. The molecule has 0 aliphatic carbocycles. The first-order chi connectivity index (χ1) is 6.65. The molecule has 0 aromatic heterocycles. The quantitative estimate of drug-likeness (QED) is 0.377. The van der Waals surface area contributed by atoms with Crippen molar-refractivity contribution in [1.29, 1.82) is 0 Å². The van der Waals surface area contributed by atoms with Crippen molar-refractivity contribution in [2.75, 3.05) is 13.6 Å². The molecule has 14 heavy (non-hydrogen) atoms. The Morgan fingerprint density at radius 1 is 1.50 bits per heavy atom. The molecule has 0 saturated carbocycles. The average molecular weight is 196 g/mol. The van der Waals surface area contributed by atoms with E-state index in [0.717, 1.165) is 17.7 Å². The van der Waals surface area contributed by atoms with E-state index in [4.69, 9.17) is 0 Å². The molecule has 3 nitrogen and oxygen atoms in total. The monoisotopic (exact) mass is 196 g/mol. The zero-order chi connectivity index (χ0) is 11.6. The van der Waals surface area contributed by atoms with Crippen LogP contribution in [0.5, 0.6) is 0 Å². The third-order valence-corrected chi connectivity index (χ3v) is 1.53. The van der Waals surface area contributed by atoms with Crippen molar-refractivity contribution in [3.8, 4) is 0 Å². The first-order valence-electron chi connectivity index (χ1n) is 4.60. The predicted octanol–water partition coefficient (Wildman–Crippen LogP) is 2.26. The molecule has 3 heteroatoms. The number of nitrogens with zero attached hydrogens (tertiary/aromatic N) is 2. The summed E-state index contributed by atoms with van der Waals surface area (Å²) in [6.07, 6.45) is 2.45. The molecule has 0 fully saturated rings. The number of allylic oxidation sites excluding steroid dienone is 2. The molecule has 0 aromatic carbocycles. The van der Waals surface area contributed by atoms with Crippen molar-refractivity contribution >= 4 is 13.1 Å². The van der Waals surface area contributed by atoms with Crippen LogP contribution >= 0.6 is 0 Å². The van der Waals surface area contributed by atoms with Crippen molar-refractivity contribution in [2.24, 2.45) is 4.99 Å². The van der Waals surface area contributed by atoms with E-state index >= 15 is 0 Å². The van der Waals surface area contributed by atoms with Gasteiger partial charge in [-0.05, 0) is 19.2 Å². The second-order valence-electron chi connectivity index (χ2n) is 2.51. The lowest BCUT2D eigenvalue weighted by atomic mass is 10.2. The first kappa shape index (κ1) is 15.1. The standard InChI is InChI=1S/C9H14N2O.C2H6/c1-5-8(2)9(10-3)6-11(4)7-12;1-2/h5,7H,1,3,6H2,2,4H3;1-2H3/b9-8-;. The molecule has 0 saturated heterocycles. The van der Waals surface area contributed by atoms with E-state index in [2.05, 4.69) is 18.3 Å². The van der Waals surface area contributed by atoms with Gasteiger partial charge < -0.3 is 4.90 Å². The summed E-state index contributed by atoms with van der Waals surface area (Å²) < 4.78 is 0. The smallest absolute Gasteiger partial charge is 0.209 e. The minimum Gasteiger partial charge on any atom is -0.342 e. The summed E-state index contributed by atoms with van der Waals surface area (Å²) in [5.41, 5.74) is 1.72. The normalized spacial score (nSPS) is 10.3. The van der Waals surface area contributed by atoms with Crippen molar-refractivity contribution in [3.05, 3.63) is 23.9 Å². The maximum atomic E-state index is 10.3. The number of aliphatic imine (C=N–C) groups is 1. The lowest BCUT2D eigenvalue weighted by Gasteiger charge is -2.11. The van der Waals surface area contributed by atoms with Gasteiger partial charge in [-0.2, -0.15) is 0 Å². The molecule has 0 atom stereocenters. The predicted molar refractivity (Wildman–Crippen MR) is 62.5 cm³/mol. The van der Waals surface area contributed by atoms with Crippen LogP contribution in [0.15, 0.2) is 28.9 Å². The van der Waals surface area contributed by atoms with Crippen LogP contribution in [0, 0.1) is 0 Å². The Bertz CT molecular complexity index is 219. The Morgan fingerprint density at radius 3 is 2.29 bits per heavy atom. The minimum atomic E-state index is 0.477. The van der Waals surface area contributed by atoms with Crippen LogP contribution in [0.2, 0.25) is 0 Å². The number of amides is 1. The summed E-state index contributed by atoms with van der Waals surface area (Å²) in [5, 5.41) is 0. The van der Waals surface area contributed by atoms with Crippen molar-refractivity contribution < 1.29 is 4.79 Å². The zero-order valence-corrected chi connectivity index (χ0v) is 9.58. The summed E-state index contributed by atoms with van der Waals surface area (Å²) in [6.45, 7) is 13.4. The third kappa shape index (κ3) is 6.17. The van der Waals surface area contributed by atoms with Gasteiger partial charge in [0.25, 0.3) is 0 Å². The highest BCUT2D eigenvalue weighted by atomic mass is 16.1. The van der Waals surface area contributed by atoms with Gasteiger partial charge in [-0.25, -0.2) is 0 Å². The average Bonchev–Trinajstić information content (AvgIpc) is 2.27. The molecule has 0 aliphatic rings. The van der Waals surface area contributed by atoms with Gasteiger partial charge in [0.2, 0.25) is 6.41 Å². The Labute approximate surface area is 86.8 Å². The van der Waals surface area contributed by atoms with Gasteiger partial charge in [0.05, 0.1) is 12.2 Å². The fourth-order valence-electron chi connectivity index (χ4n) is 0.691. The summed E-state index contributed by atoms with van der Waals surface area (Å²) in [5.74, 6) is 0. The number of rotatable bonds is 5. The molecule has 0 radical (unpaired) electrons. The lowest BCUT2D eigenvalue weighted by molar-refractivity contribution is -0.116. The van der Waals surface area contributed by atoms with Gasteiger partial charge in [-0.3, -0.25) is 9.79 Å². The van der Waals surface area contributed by atoms with Gasteiger partial charge in [0.15, 0.2) is 0 Å². The molecular formula is C11H20N2O. The fourth-order valence-corrected chi connectivity index (χ4v) is 0.691. The molecular weight excluding hydrogens is 176 g/mol. The van der Waals surface area contributed by atoms with Gasteiger partial charge in [-0.15, -0.1) is 0 Å². The Kier molecular flexibility index (Phi) is 10.5. The van der Waals surface area contributed by atoms with Gasteiger partial charge in [0, 0.05) is 7.05 Å². The minimum absolute atomic E-state index is 0.477. The summed E-state index contributed by atoms with van der Waals surface area (Å²) >= 11 is 0. The number of carbonyl (C=O) groups is 1. The second-order valence-corrected chi connectivity index (χ2v) is 2.51. The van der Waals surface area contributed by atoms with E-state index in [1.807, 2.05) is 20.8 Å². The van der Waals surface area contributed by atoms with Gasteiger partial charge in [0.1, 0.15) is 0 Å². The first-order valence-corrected chi connectivity index (χ1v) is 4.60. The van der Waals surface area contributed by atoms with Gasteiger partial charge in [-0.1, -0.05) is 26.5 Å². The van der Waals surface area contributed by atoms with Crippen LogP contribution in [0.3, 0.4) is 0 Å². The maximum absolute atomic E-state index is 10.3. The highest BCUT2D eigenvalue weighted by Crippen LogP contribution is 2.06. The van der Waals surface area contributed by atoms with E-state index in [1.165, 1.54) is 4.90 Å². The van der Waals surface area contributed by atoms with Crippen LogP contribution in [0.25, 0.3) is 0 Å². The van der Waals surface area contributed by atoms with Crippen LogP contribution in [0.4, 0.5) is 0 Å². The van der Waals surface area contributed by atoms with E-state index in [-0.39, 0.29) is 0 Å². The highest BCUT2D eigenvalue weighted by Gasteiger charge is 2.00. The number of carbonyl (C=O) groups excluding carboxylic acids is 1. The molecule has 0 N–H and O–H groups in total. The molecule has 0 bridgehead atoms. The molecule has 0 spiro atoms. The van der Waals surface area contributed by atoms with Crippen LogP contribution in [-0.2, 0) is 4.79 Å². The lowest BCUT2D eigenvalue weighted by Crippen LogP contribution is -2.18. The maximum Gasteiger partial charge on any atom is 0.209 e. The topological polar surface area (TPSA) is 32.7 Å². The van der Waals surface area contributed by atoms with E-state index in [9.17, 15) is 4.79 Å². The van der Waals surface area contributed by atoms with Crippen LogP contribution < -0.4 is 0 Å². The number of likely N-dealkylation sites (N-methyl/N-ethyl adjacent to an activating group) is 1. The largest absolute Gasteiger partial charge is 0.342 e. The van der Waals surface area contributed by atoms with Gasteiger partial charge >= 0.3 is 0 Å². The third-order valence-electron chi connectivity index (χ3n) is 1.53. The Balaban J connectivity index is 0. The fraction of sp³-hybridized carbons (Fsp3) is 0.455. The Morgan fingerprint density at radius 2 is 2.00 bits per heavy atom. The molecule has 80 valence electrons. The number of hydrogen-bond donors (Lipinski definition) is 0. The second kappa shape index (κ2) is 9.71. The molecule has 0 aromatic rings.